The van der Waals surface area contributed by atoms with E-state index in [2.05, 4.69) is 15.0 Å². The van der Waals surface area contributed by atoms with Gasteiger partial charge in [-0.2, -0.15) is 9.97 Å². The van der Waals surface area contributed by atoms with Crippen molar-refractivity contribution in [3.63, 3.8) is 0 Å². The Bertz CT molecular complexity index is 897. The van der Waals surface area contributed by atoms with Crippen LogP contribution in [0.2, 0.25) is 0 Å². The maximum atomic E-state index is 12.3. The SMILES string of the molecule is CC(C)(C)OC(=O)N1CCN(c2nc(N)nc3c2ncn3CCCC(=O)O)CC1. The van der Waals surface area contributed by atoms with Gasteiger partial charge >= 0.3 is 12.1 Å². The van der Waals surface area contributed by atoms with Gasteiger partial charge in [-0.05, 0) is 27.2 Å². The quantitative estimate of drug-likeness (QED) is 0.754. The average Bonchev–Trinajstić information content (AvgIpc) is 3.02. The van der Waals surface area contributed by atoms with Crippen molar-refractivity contribution in [2.45, 2.75) is 45.8 Å². The van der Waals surface area contributed by atoms with Crippen molar-refractivity contribution in [1.82, 2.24) is 24.4 Å². The molecule has 1 saturated heterocycles. The molecule has 0 bridgehead atoms. The molecule has 2 aromatic rings. The molecule has 11 nitrogen and oxygen atoms in total. The Kier molecular flexibility index (Phi) is 5.76. The van der Waals surface area contributed by atoms with E-state index in [1.165, 1.54) is 0 Å². The summed E-state index contributed by atoms with van der Waals surface area (Å²) in [5.74, 6) is -0.0949. The first-order valence-corrected chi connectivity index (χ1v) is 9.57. The monoisotopic (exact) mass is 405 g/mol. The van der Waals surface area contributed by atoms with Crippen LogP contribution in [-0.4, -0.2) is 73.4 Å². The zero-order chi connectivity index (χ0) is 21.2. The van der Waals surface area contributed by atoms with Crippen molar-refractivity contribution in [3.05, 3.63) is 6.33 Å². The van der Waals surface area contributed by atoms with Crippen LogP contribution in [0.5, 0.6) is 0 Å². The lowest BCUT2D eigenvalue weighted by Crippen LogP contribution is -2.50. The first-order valence-electron chi connectivity index (χ1n) is 9.57. The molecule has 0 saturated carbocycles. The third-order valence-corrected chi connectivity index (χ3v) is 4.48. The summed E-state index contributed by atoms with van der Waals surface area (Å²) in [4.78, 5) is 39.8. The van der Waals surface area contributed by atoms with E-state index in [1.807, 2.05) is 25.7 Å². The lowest BCUT2D eigenvalue weighted by Gasteiger charge is -2.36. The molecule has 2 aromatic heterocycles. The largest absolute Gasteiger partial charge is 0.481 e. The zero-order valence-corrected chi connectivity index (χ0v) is 17.0. The number of hydrogen-bond acceptors (Lipinski definition) is 8. The van der Waals surface area contributed by atoms with Gasteiger partial charge in [0.2, 0.25) is 5.95 Å². The molecule has 29 heavy (non-hydrogen) atoms. The van der Waals surface area contributed by atoms with E-state index in [9.17, 15) is 9.59 Å². The number of aromatic nitrogens is 4. The molecule has 0 unspecified atom stereocenters. The van der Waals surface area contributed by atoms with Crippen molar-refractivity contribution in [1.29, 1.82) is 0 Å². The highest BCUT2D eigenvalue weighted by Crippen LogP contribution is 2.25. The number of carboxylic acids is 1. The Morgan fingerprint density at radius 1 is 1.21 bits per heavy atom. The highest BCUT2D eigenvalue weighted by molar-refractivity contribution is 5.85. The number of nitrogens with two attached hydrogens (primary N) is 1. The van der Waals surface area contributed by atoms with E-state index >= 15 is 0 Å². The first-order chi connectivity index (χ1) is 13.6. The van der Waals surface area contributed by atoms with E-state index in [0.29, 0.717) is 56.1 Å². The predicted molar refractivity (Wildman–Crippen MR) is 107 cm³/mol. The molecule has 0 aromatic carbocycles. The summed E-state index contributed by atoms with van der Waals surface area (Å²) < 4.78 is 7.22. The predicted octanol–water partition coefficient (Wildman–Crippen LogP) is 1.33. The Hall–Kier alpha value is -3.11. The van der Waals surface area contributed by atoms with Gasteiger partial charge in [0, 0.05) is 39.1 Å². The number of nitrogen functional groups attached to an aromatic ring is 1. The molecule has 3 N–H and O–H groups in total. The Morgan fingerprint density at radius 3 is 2.52 bits per heavy atom. The lowest BCUT2D eigenvalue weighted by atomic mass is 10.2. The second-order valence-corrected chi connectivity index (χ2v) is 7.97. The minimum atomic E-state index is -0.841. The Labute approximate surface area is 168 Å². The molecule has 0 radical (unpaired) electrons. The van der Waals surface area contributed by atoms with Crippen LogP contribution in [0.3, 0.4) is 0 Å². The summed E-state index contributed by atoms with van der Waals surface area (Å²) in [6.45, 7) is 8.13. The number of carboxylic acid groups (broad SMARTS) is 1. The summed E-state index contributed by atoms with van der Waals surface area (Å²) in [5.41, 5.74) is 6.57. The van der Waals surface area contributed by atoms with Crippen LogP contribution in [0.4, 0.5) is 16.6 Å². The molecule has 0 atom stereocenters. The van der Waals surface area contributed by atoms with Crippen LogP contribution in [0.25, 0.3) is 11.2 Å². The standard InChI is InChI=1S/C18H27N7O4/c1-18(2,3)29-17(28)24-9-7-23(8-10-24)14-13-15(22-16(19)21-14)25(11-20-13)6-4-5-12(26)27/h11H,4-10H2,1-3H3,(H,26,27)(H2,19,21,22). The van der Waals surface area contributed by atoms with Crippen molar-refractivity contribution in [3.8, 4) is 0 Å². The number of nitrogens with zero attached hydrogens (tertiary/aromatic N) is 6. The van der Waals surface area contributed by atoms with Gasteiger partial charge < -0.3 is 29.9 Å². The number of hydrogen-bond donors (Lipinski definition) is 2. The number of amides is 1. The number of imidazole rings is 1. The maximum absolute atomic E-state index is 12.3. The van der Waals surface area contributed by atoms with Crippen molar-refractivity contribution in [2.75, 3.05) is 36.8 Å². The van der Waals surface area contributed by atoms with Crippen molar-refractivity contribution < 1.29 is 19.4 Å². The fourth-order valence-corrected chi connectivity index (χ4v) is 3.16. The topological polar surface area (TPSA) is 140 Å². The fourth-order valence-electron chi connectivity index (χ4n) is 3.16. The van der Waals surface area contributed by atoms with Gasteiger partial charge in [-0.15, -0.1) is 0 Å². The second kappa shape index (κ2) is 8.10. The average molecular weight is 405 g/mol. The van der Waals surface area contributed by atoms with E-state index in [0.717, 1.165) is 0 Å². The molecule has 1 aliphatic rings. The molecule has 1 amide bonds. The number of piperazine rings is 1. The Balaban J connectivity index is 1.73. The summed E-state index contributed by atoms with van der Waals surface area (Å²) in [6, 6.07) is 0. The van der Waals surface area contributed by atoms with Crippen LogP contribution in [-0.2, 0) is 16.1 Å². The van der Waals surface area contributed by atoms with Crippen molar-refractivity contribution in [2.24, 2.45) is 0 Å². The van der Waals surface area contributed by atoms with Gasteiger partial charge in [-0.25, -0.2) is 9.78 Å². The second-order valence-electron chi connectivity index (χ2n) is 7.97. The maximum Gasteiger partial charge on any atom is 0.410 e. The molecule has 1 fully saturated rings. The number of fused-ring (bicyclic) bond motifs is 1. The first kappa shape index (κ1) is 20.6. The number of carbonyl (C=O) groups excluding carboxylic acids is 1. The number of rotatable bonds is 5. The van der Waals surface area contributed by atoms with Crippen LogP contribution in [0, 0.1) is 0 Å². The minimum Gasteiger partial charge on any atom is -0.481 e. The summed E-state index contributed by atoms with van der Waals surface area (Å²) in [7, 11) is 0. The fraction of sp³-hybridized carbons (Fsp3) is 0.611. The number of ether oxygens (including phenoxy) is 1. The molecule has 1 aliphatic heterocycles. The summed E-state index contributed by atoms with van der Waals surface area (Å²) in [6.07, 6.45) is 1.84. The van der Waals surface area contributed by atoms with E-state index in [1.54, 1.807) is 15.8 Å². The molecular weight excluding hydrogens is 378 g/mol. The highest BCUT2D eigenvalue weighted by atomic mass is 16.6. The minimum absolute atomic E-state index is 0.0692. The zero-order valence-electron chi connectivity index (χ0n) is 17.0. The third kappa shape index (κ3) is 5.04. The van der Waals surface area contributed by atoms with Crippen LogP contribution in [0.1, 0.15) is 33.6 Å². The smallest absolute Gasteiger partial charge is 0.410 e. The third-order valence-electron chi connectivity index (χ3n) is 4.48. The van der Waals surface area contributed by atoms with Gasteiger partial charge in [0.25, 0.3) is 0 Å². The van der Waals surface area contributed by atoms with Crippen LogP contribution in [0.15, 0.2) is 6.33 Å². The Morgan fingerprint density at radius 2 is 1.90 bits per heavy atom. The van der Waals surface area contributed by atoms with Gasteiger partial charge in [0.15, 0.2) is 17.0 Å². The van der Waals surface area contributed by atoms with Crippen LogP contribution >= 0.6 is 0 Å². The van der Waals surface area contributed by atoms with Crippen LogP contribution < -0.4 is 10.6 Å². The molecule has 11 heteroatoms. The molecular formula is C18H27N7O4. The van der Waals surface area contributed by atoms with Gasteiger partial charge in [-0.1, -0.05) is 0 Å². The molecule has 0 spiro atoms. The normalized spacial score (nSPS) is 15.0. The van der Waals surface area contributed by atoms with Crippen molar-refractivity contribution >= 4 is 35.0 Å². The lowest BCUT2D eigenvalue weighted by molar-refractivity contribution is -0.137. The molecule has 3 heterocycles. The van der Waals surface area contributed by atoms with E-state index in [-0.39, 0.29) is 18.5 Å². The highest BCUT2D eigenvalue weighted by Gasteiger charge is 2.28. The molecule has 3 rings (SSSR count). The summed E-state index contributed by atoms with van der Waals surface area (Å²) in [5, 5.41) is 8.82. The molecule has 0 aliphatic carbocycles. The summed E-state index contributed by atoms with van der Waals surface area (Å²) >= 11 is 0. The number of anilines is 2. The van der Waals surface area contributed by atoms with E-state index < -0.39 is 11.6 Å². The van der Waals surface area contributed by atoms with Gasteiger partial charge in [0.05, 0.1) is 6.33 Å². The van der Waals surface area contributed by atoms with E-state index in [4.69, 9.17) is 15.6 Å². The number of aryl methyl sites for hydroxylation is 1. The van der Waals surface area contributed by atoms with Gasteiger partial charge in [0.1, 0.15) is 5.60 Å². The number of carbonyl (C=O) groups is 2. The number of aliphatic carboxylic acids is 1. The van der Waals surface area contributed by atoms with Gasteiger partial charge in [-0.3, -0.25) is 4.79 Å². The molecule has 158 valence electrons.